The SMILES string of the molecule is CCOC(=O)C1=C(C)N(c2ccc(C)cc2)C(=O)/C1=C\c1ccccc1Br. The van der Waals surface area contributed by atoms with Crippen LogP contribution in [0.4, 0.5) is 5.69 Å². The molecule has 4 nitrogen and oxygen atoms in total. The maximum absolute atomic E-state index is 13.2. The number of benzene rings is 2. The van der Waals surface area contributed by atoms with Crippen LogP contribution >= 0.6 is 15.9 Å². The largest absolute Gasteiger partial charge is 0.462 e. The summed E-state index contributed by atoms with van der Waals surface area (Å²) in [6.45, 7) is 5.75. The second-order valence-corrected chi connectivity index (χ2v) is 7.09. The molecule has 138 valence electrons. The Kier molecular flexibility index (Phi) is 5.61. The molecule has 2 aromatic carbocycles. The Hall–Kier alpha value is -2.66. The monoisotopic (exact) mass is 425 g/mol. The van der Waals surface area contributed by atoms with E-state index < -0.39 is 5.97 Å². The van der Waals surface area contributed by atoms with Crippen molar-refractivity contribution in [3.63, 3.8) is 0 Å². The summed E-state index contributed by atoms with van der Waals surface area (Å²) in [4.78, 5) is 27.4. The van der Waals surface area contributed by atoms with E-state index in [1.54, 1.807) is 24.8 Å². The van der Waals surface area contributed by atoms with E-state index in [-0.39, 0.29) is 12.5 Å². The summed E-state index contributed by atoms with van der Waals surface area (Å²) < 4.78 is 6.06. The van der Waals surface area contributed by atoms with Crippen LogP contribution in [0.1, 0.15) is 25.0 Å². The van der Waals surface area contributed by atoms with Gasteiger partial charge in [-0.05, 0) is 50.6 Å². The van der Waals surface area contributed by atoms with Crippen molar-refractivity contribution in [3.8, 4) is 0 Å². The Bertz CT molecular complexity index is 958. The number of anilines is 1. The van der Waals surface area contributed by atoms with Crippen molar-refractivity contribution < 1.29 is 14.3 Å². The first-order valence-corrected chi connectivity index (χ1v) is 9.49. The molecule has 1 amide bonds. The molecule has 0 aromatic heterocycles. The van der Waals surface area contributed by atoms with Gasteiger partial charge in [0, 0.05) is 15.9 Å². The second kappa shape index (κ2) is 7.92. The summed E-state index contributed by atoms with van der Waals surface area (Å²) >= 11 is 3.49. The normalized spacial score (nSPS) is 15.6. The lowest BCUT2D eigenvalue weighted by atomic mass is 10.0. The summed E-state index contributed by atoms with van der Waals surface area (Å²) in [7, 11) is 0. The Morgan fingerprint density at radius 2 is 1.78 bits per heavy atom. The van der Waals surface area contributed by atoms with Crippen molar-refractivity contribution in [2.45, 2.75) is 20.8 Å². The highest BCUT2D eigenvalue weighted by molar-refractivity contribution is 9.10. The molecule has 0 N–H and O–H groups in total. The van der Waals surface area contributed by atoms with E-state index >= 15 is 0 Å². The van der Waals surface area contributed by atoms with Crippen LogP contribution < -0.4 is 4.90 Å². The van der Waals surface area contributed by atoms with Crippen molar-refractivity contribution in [1.82, 2.24) is 0 Å². The highest BCUT2D eigenvalue weighted by Gasteiger charge is 2.38. The van der Waals surface area contributed by atoms with Crippen molar-refractivity contribution in [2.75, 3.05) is 11.5 Å². The van der Waals surface area contributed by atoms with Crippen LogP contribution in [0.25, 0.3) is 6.08 Å². The molecule has 1 aliphatic rings. The van der Waals surface area contributed by atoms with Crippen molar-refractivity contribution in [1.29, 1.82) is 0 Å². The highest BCUT2D eigenvalue weighted by Crippen LogP contribution is 2.36. The Morgan fingerprint density at radius 1 is 1.11 bits per heavy atom. The molecule has 1 aliphatic heterocycles. The second-order valence-electron chi connectivity index (χ2n) is 6.24. The third-order valence-corrected chi connectivity index (χ3v) is 5.10. The highest BCUT2D eigenvalue weighted by atomic mass is 79.9. The molecule has 3 rings (SSSR count). The van der Waals surface area contributed by atoms with Gasteiger partial charge >= 0.3 is 5.97 Å². The minimum Gasteiger partial charge on any atom is -0.462 e. The van der Waals surface area contributed by atoms with Crippen LogP contribution in [0.2, 0.25) is 0 Å². The fraction of sp³-hybridized carbons (Fsp3) is 0.182. The van der Waals surface area contributed by atoms with Gasteiger partial charge in [0.15, 0.2) is 0 Å². The average Bonchev–Trinajstić information content (AvgIpc) is 2.88. The maximum atomic E-state index is 13.2. The molecule has 0 saturated carbocycles. The summed E-state index contributed by atoms with van der Waals surface area (Å²) in [5.41, 5.74) is 3.85. The van der Waals surface area contributed by atoms with Crippen LogP contribution in [0.15, 0.2) is 69.8 Å². The van der Waals surface area contributed by atoms with E-state index in [4.69, 9.17) is 4.74 Å². The number of esters is 1. The maximum Gasteiger partial charge on any atom is 0.340 e. The summed E-state index contributed by atoms with van der Waals surface area (Å²) in [6, 6.07) is 15.2. The Labute approximate surface area is 167 Å². The van der Waals surface area contributed by atoms with E-state index in [9.17, 15) is 9.59 Å². The number of amides is 1. The average molecular weight is 426 g/mol. The van der Waals surface area contributed by atoms with Crippen LogP contribution in [0.3, 0.4) is 0 Å². The van der Waals surface area contributed by atoms with Crippen LogP contribution in [-0.2, 0) is 14.3 Å². The number of hydrogen-bond donors (Lipinski definition) is 0. The fourth-order valence-corrected chi connectivity index (χ4v) is 3.43. The number of halogens is 1. The molecule has 0 saturated heterocycles. The number of allylic oxidation sites excluding steroid dienone is 1. The lowest BCUT2D eigenvalue weighted by molar-refractivity contribution is -0.138. The molecule has 2 aromatic rings. The topological polar surface area (TPSA) is 46.6 Å². The minimum absolute atomic E-state index is 0.241. The number of ether oxygens (including phenoxy) is 1. The molecule has 5 heteroatoms. The quantitative estimate of drug-likeness (QED) is 0.509. The molecule has 0 unspecified atom stereocenters. The number of nitrogens with zero attached hydrogens (tertiary/aromatic N) is 1. The van der Waals surface area contributed by atoms with E-state index in [1.807, 2.05) is 55.5 Å². The number of carbonyl (C=O) groups is 2. The first-order valence-electron chi connectivity index (χ1n) is 8.69. The molecule has 0 atom stereocenters. The van der Waals surface area contributed by atoms with E-state index in [0.717, 1.165) is 21.3 Å². The molecule has 0 radical (unpaired) electrons. The zero-order valence-electron chi connectivity index (χ0n) is 15.5. The predicted octanol–water partition coefficient (Wildman–Crippen LogP) is 5.02. The van der Waals surface area contributed by atoms with Crippen LogP contribution in [0, 0.1) is 6.92 Å². The van der Waals surface area contributed by atoms with Crippen molar-refractivity contribution in [2.24, 2.45) is 0 Å². The molecule has 1 heterocycles. The van der Waals surface area contributed by atoms with Gasteiger partial charge in [0.05, 0.1) is 17.8 Å². The number of aryl methyl sites for hydroxylation is 1. The molecule has 0 spiro atoms. The minimum atomic E-state index is -0.490. The van der Waals surface area contributed by atoms with Gasteiger partial charge in [-0.15, -0.1) is 0 Å². The lowest BCUT2D eigenvalue weighted by Gasteiger charge is -2.18. The molecule has 0 aliphatic carbocycles. The lowest BCUT2D eigenvalue weighted by Crippen LogP contribution is -2.24. The summed E-state index contributed by atoms with van der Waals surface area (Å²) in [6.07, 6.45) is 1.73. The molecular formula is C22H20BrNO3. The Morgan fingerprint density at radius 3 is 2.41 bits per heavy atom. The summed E-state index contributed by atoms with van der Waals surface area (Å²) in [5.74, 6) is -0.730. The van der Waals surface area contributed by atoms with Crippen LogP contribution in [0.5, 0.6) is 0 Å². The zero-order valence-corrected chi connectivity index (χ0v) is 17.0. The van der Waals surface area contributed by atoms with Gasteiger partial charge in [-0.25, -0.2) is 4.79 Å². The molecule has 0 bridgehead atoms. The van der Waals surface area contributed by atoms with Gasteiger partial charge in [-0.3, -0.25) is 9.69 Å². The van der Waals surface area contributed by atoms with E-state index in [1.165, 1.54) is 0 Å². The molecule has 0 fully saturated rings. The standard InChI is InChI=1S/C22H20BrNO3/c1-4-27-22(26)20-15(3)24(17-11-9-14(2)10-12-17)21(25)18(20)13-16-7-5-6-8-19(16)23/h5-13H,4H2,1-3H3/b18-13-. The van der Waals surface area contributed by atoms with Gasteiger partial charge in [0.25, 0.3) is 5.91 Å². The van der Waals surface area contributed by atoms with Gasteiger partial charge in [-0.2, -0.15) is 0 Å². The third-order valence-electron chi connectivity index (χ3n) is 4.38. The van der Waals surface area contributed by atoms with E-state index in [0.29, 0.717) is 16.8 Å². The number of carbonyl (C=O) groups excluding carboxylic acids is 2. The van der Waals surface area contributed by atoms with Gasteiger partial charge in [-0.1, -0.05) is 51.8 Å². The van der Waals surface area contributed by atoms with Gasteiger partial charge in [0.2, 0.25) is 0 Å². The third kappa shape index (κ3) is 3.74. The first-order chi connectivity index (χ1) is 12.9. The van der Waals surface area contributed by atoms with Gasteiger partial charge in [0.1, 0.15) is 0 Å². The molecular weight excluding hydrogens is 406 g/mol. The fourth-order valence-electron chi connectivity index (χ4n) is 3.03. The number of hydrogen-bond acceptors (Lipinski definition) is 3. The van der Waals surface area contributed by atoms with E-state index in [2.05, 4.69) is 15.9 Å². The Balaban J connectivity index is 2.14. The number of rotatable bonds is 4. The first kappa shape index (κ1) is 19.1. The molecule has 27 heavy (non-hydrogen) atoms. The van der Waals surface area contributed by atoms with Crippen LogP contribution in [-0.4, -0.2) is 18.5 Å². The summed E-state index contributed by atoms with van der Waals surface area (Å²) in [5, 5.41) is 0. The predicted molar refractivity (Wildman–Crippen MR) is 110 cm³/mol. The van der Waals surface area contributed by atoms with Crippen molar-refractivity contribution in [3.05, 3.63) is 81.0 Å². The smallest absolute Gasteiger partial charge is 0.340 e. The van der Waals surface area contributed by atoms with Gasteiger partial charge < -0.3 is 4.74 Å². The zero-order chi connectivity index (χ0) is 19.6. The van der Waals surface area contributed by atoms with Crippen molar-refractivity contribution >= 4 is 39.6 Å².